The quantitative estimate of drug-likeness (QED) is 0.369. The topological polar surface area (TPSA) is 54.2 Å². The number of hydrogen-bond acceptors (Lipinski definition) is 2. The predicted octanol–water partition coefficient (Wildman–Crippen LogP) is 1.46. The number of nitrogens with one attached hydrogen (secondary N) is 1. The van der Waals surface area contributed by atoms with Crippen LogP contribution in [0, 0.1) is 0 Å². The third kappa shape index (κ3) is 1.05. The van der Waals surface area contributed by atoms with Gasteiger partial charge in [-0.05, 0) is 12.1 Å². The molecule has 3 nitrogen and oxygen atoms in total. The molecule has 0 unspecified atom stereocenters. The summed E-state index contributed by atoms with van der Waals surface area (Å²) in [6, 6.07) is 10.1. The number of hydrogen-bond donors (Lipinski definition) is 2. The van der Waals surface area contributed by atoms with Gasteiger partial charge in [-0.2, -0.15) is 5.10 Å². The van der Waals surface area contributed by atoms with Gasteiger partial charge in [-0.15, -0.1) is 0 Å². The van der Waals surface area contributed by atoms with Gasteiger partial charge in [0.1, 0.15) is 0 Å². The van der Waals surface area contributed by atoms with E-state index in [1.807, 2.05) is 30.3 Å². The van der Waals surface area contributed by atoms with Gasteiger partial charge in [0.15, 0.2) is 0 Å². The molecule has 2 rings (SSSR count). The highest BCUT2D eigenvalue weighted by atomic mass is 15.1. The summed E-state index contributed by atoms with van der Waals surface area (Å²) in [4.78, 5) is 3.17. The van der Waals surface area contributed by atoms with Crippen molar-refractivity contribution >= 4 is 17.1 Å². The second-order valence-electron chi connectivity index (χ2n) is 2.59. The number of aromatic amines is 1. The van der Waals surface area contributed by atoms with Gasteiger partial charge in [0.2, 0.25) is 0 Å². The lowest BCUT2D eigenvalue weighted by atomic mass is 10.2. The van der Waals surface area contributed by atoms with Crippen LogP contribution in [0.1, 0.15) is 5.69 Å². The fourth-order valence-electron chi connectivity index (χ4n) is 1.25. The largest absolute Gasteiger partial charge is 0.354 e. The average Bonchev–Trinajstić information content (AvgIpc) is 2.47. The molecule has 60 valence electrons. The Balaban J connectivity index is 2.62. The molecule has 0 aliphatic rings. The van der Waals surface area contributed by atoms with Crippen molar-refractivity contribution in [2.45, 2.75) is 0 Å². The van der Waals surface area contributed by atoms with Gasteiger partial charge in [-0.1, -0.05) is 18.2 Å². The summed E-state index contributed by atoms with van der Waals surface area (Å²) in [6.45, 7) is 0. The molecule has 0 spiro atoms. The summed E-state index contributed by atoms with van der Waals surface area (Å²) in [5, 5.41) is 4.62. The first-order valence-corrected chi connectivity index (χ1v) is 3.71. The second kappa shape index (κ2) is 2.70. The molecule has 0 aliphatic heterocycles. The Labute approximate surface area is 69.9 Å². The van der Waals surface area contributed by atoms with Crippen molar-refractivity contribution in [2.75, 3.05) is 0 Å². The minimum Gasteiger partial charge on any atom is -0.354 e. The molecule has 1 heterocycles. The van der Waals surface area contributed by atoms with Crippen LogP contribution < -0.4 is 5.84 Å². The number of aromatic nitrogens is 1. The van der Waals surface area contributed by atoms with Crippen LogP contribution in [-0.4, -0.2) is 11.2 Å². The first-order valence-electron chi connectivity index (χ1n) is 3.71. The van der Waals surface area contributed by atoms with Gasteiger partial charge in [0.25, 0.3) is 0 Å². The van der Waals surface area contributed by atoms with E-state index in [1.165, 1.54) is 5.39 Å². The monoisotopic (exact) mass is 159 g/mol. The lowest BCUT2D eigenvalue weighted by Crippen LogP contribution is -1.84. The second-order valence-corrected chi connectivity index (χ2v) is 2.59. The minimum atomic E-state index is 0.929. The zero-order chi connectivity index (χ0) is 8.39. The first-order chi connectivity index (χ1) is 5.90. The number of hydrazone groups is 1. The molecule has 0 saturated carbocycles. The Morgan fingerprint density at radius 3 is 2.92 bits per heavy atom. The molecule has 0 aliphatic carbocycles. The van der Waals surface area contributed by atoms with Crippen molar-refractivity contribution in [2.24, 2.45) is 10.9 Å². The summed E-state index contributed by atoms with van der Waals surface area (Å²) >= 11 is 0. The Morgan fingerprint density at radius 1 is 1.33 bits per heavy atom. The molecule has 0 amide bonds. The predicted molar refractivity (Wildman–Crippen MR) is 50.1 cm³/mol. The molecule has 2 aromatic rings. The van der Waals surface area contributed by atoms with E-state index in [9.17, 15) is 0 Å². The molecule has 3 N–H and O–H groups in total. The maximum absolute atomic E-state index is 5.03. The lowest BCUT2D eigenvalue weighted by molar-refractivity contribution is 1.25. The highest BCUT2D eigenvalue weighted by Crippen LogP contribution is 2.12. The smallest absolute Gasteiger partial charge is 0.0700 e. The maximum Gasteiger partial charge on any atom is 0.0700 e. The van der Waals surface area contributed by atoms with E-state index < -0.39 is 0 Å². The van der Waals surface area contributed by atoms with Crippen LogP contribution >= 0.6 is 0 Å². The number of para-hydroxylation sites is 1. The molecule has 3 heteroatoms. The zero-order valence-corrected chi connectivity index (χ0v) is 6.49. The molecule has 1 aromatic carbocycles. The third-order valence-corrected chi connectivity index (χ3v) is 1.76. The van der Waals surface area contributed by atoms with E-state index in [2.05, 4.69) is 10.1 Å². The molecular weight excluding hydrogens is 150 g/mol. The third-order valence-electron chi connectivity index (χ3n) is 1.76. The summed E-state index contributed by atoms with van der Waals surface area (Å²) in [5.74, 6) is 5.03. The molecular formula is C9H9N3. The Bertz CT molecular complexity index is 381. The molecule has 0 atom stereocenters. The Morgan fingerprint density at radius 2 is 2.17 bits per heavy atom. The van der Waals surface area contributed by atoms with Crippen LogP contribution in [0.3, 0.4) is 0 Å². The Kier molecular flexibility index (Phi) is 1.55. The van der Waals surface area contributed by atoms with Gasteiger partial charge in [-0.25, -0.2) is 0 Å². The van der Waals surface area contributed by atoms with Gasteiger partial charge < -0.3 is 10.8 Å². The summed E-state index contributed by atoms with van der Waals surface area (Å²) in [7, 11) is 0. The van der Waals surface area contributed by atoms with Gasteiger partial charge in [0, 0.05) is 10.9 Å². The highest BCUT2D eigenvalue weighted by Gasteiger charge is 1.95. The molecule has 0 radical (unpaired) electrons. The number of nitrogens with zero attached hydrogens (tertiary/aromatic N) is 1. The molecule has 0 fully saturated rings. The number of H-pyrrole nitrogens is 1. The van der Waals surface area contributed by atoms with Gasteiger partial charge in [0.05, 0.1) is 11.9 Å². The van der Waals surface area contributed by atoms with Crippen LogP contribution in [0.4, 0.5) is 0 Å². The van der Waals surface area contributed by atoms with Gasteiger partial charge in [-0.3, -0.25) is 0 Å². The van der Waals surface area contributed by atoms with Crippen LogP contribution in [0.2, 0.25) is 0 Å². The van der Waals surface area contributed by atoms with E-state index in [0.29, 0.717) is 0 Å². The van der Waals surface area contributed by atoms with Crippen molar-refractivity contribution in [3.8, 4) is 0 Å². The van der Waals surface area contributed by atoms with E-state index in [0.717, 1.165) is 11.2 Å². The van der Waals surface area contributed by atoms with Crippen molar-refractivity contribution < 1.29 is 0 Å². The maximum atomic E-state index is 5.03. The number of benzene rings is 1. The summed E-state index contributed by atoms with van der Waals surface area (Å²) in [5.41, 5.74) is 2.03. The fourth-order valence-corrected chi connectivity index (χ4v) is 1.25. The Hall–Kier alpha value is -1.77. The first kappa shape index (κ1) is 6.91. The number of fused-ring (bicyclic) bond motifs is 1. The SMILES string of the molecule is N/N=C/c1cc2ccccc2[nH]1. The number of rotatable bonds is 1. The fraction of sp³-hybridized carbons (Fsp3) is 0. The summed E-state index contributed by atoms with van der Waals surface area (Å²) in [6.07, 6.45) is 1.60. The average molecular weight is 159 g/mol. The lowest BCUT2D eigenvalue weighted by Gasteiger charge is -1.83. The van der Waals surface area contributed by atoms with Crippen molar-refractivity contribution in [1.29, 1.82) is 0 Å². The van der Waals surface area contributed by atoms with Crippen molar-refractivity contribution in [3.05, 3.63) is 36.0 Å². The van der Waals surface area contributed by atoms with Gasteiger partial charge >= 0.3 is 0 Å². The normalized spacial score (nSPS) is 11.3. The standard InChI is InChI=1S/C9H9N3/c10-11-6-8-5-7-3-1-2-4-9(7)12-8/h1-6,12H,10H2/b11-6+. The van der Waals surface area contributed by atoms with E-state index >= 15 is 0 Å². The van der Waals surface area contributed by atoms with E-state index in [1.54, 1.807) is 6.21 Å². The highest BCUT2D eigenvalue weighted by molar-refractivity contribution is 5.89. The molecule has 1 aromatic heterocycles. The van der Waals surface area contributed by atoms with E-state index in [-0.39, 0.29) is 0 Å². The molecule has 0 bridgehead atoms. The van der Waals surface area contributed by atoms with E-state index in [4.69, 9.17) is 5.84 Å². The van der Waals surface area contributed by atoms with Crippen LogP contribution in [0.25, 0.3) is 10.9 Å². The van der Waals surface area contributed by atoms with Crippen molar-refractivity contribution in [3.63, 3.8) is 0 Å². The minimum absolute atomic E-state index is 0.929. The zero-order valence-electron chi connectivity index (χ0n) is 6.49. The summed E-state index contributed by atoms with van der Waals surface area (Å²) < 4.78 is 0. The molecule has 12 heavy (non-hydrogen) atoms. The van der Waals surface area contributed by atoms with Crippen LogP contribution in [0.15, 0.2) is 35.4 Å². The van der Waals surface area contributed by atoms with Crippen LogP contribution in [0.5, 0.6) is 0 Å². The number of nitrogens with two attached hydrogens (primary N) is 1. The van der Waals surface area contributed by atoms with Crippen molar-refractivity contribution in [1.82, 2.24) is 4.98 Å². The van der Waals surface area contributed by atoms with Crippen LogP contribution in [-0.2, 0) is 0 Å². The molecule has 0 saturated heterocycles.